The molecule has 184 valence electrons. The minimum Gasteiger partial charge on any atom is -0.454 e. The highest BCUT2D eigenvalue weighted by molar-refractivity contribution is 7.92. The lowest BCUT2D eigenvalue weighted by Crippen LogP contribution is -2.52. The summed E-state index contributed by atoms with van der Waals surface area (Å²) >= 11 is 0. The van der Waals surface area contributed by atoms with Crippen molar-refractivity contribution in [2.24, 2.45) is 0 Å². The van der Waals surface area contributed by atoms with Gasteiger partial charge >= 0.3 is 0 Å². The van der Waals surface area contributed by atoms with Crippen LogP contribution in [0.25, 0.3) is 0 Å². The number of fused-ring (bicyclic) bond motifs is 1. The molecule has 2 aromatic rings. The molecular formula is C24H31N3O6S. The maximum Gasteiger partial charge on any atom is 0.244 e. The Morgan fingerprint density at radius 2 is 1.79 bits per heavy atom. The molecule has 1 aliphatic heterocycles. The predicted octanol–water partition coefficient (Wildman–Crippen LogP) is 2.43. The van der Waals surface area contributed by atoms with Crippen LogP contribution in [0, 0.1) is 6.92 Å². The first-order chi connectivity index (χ1) is 16.2. The third-order valence-corrected chi connectivity index (χ3v) is 6.80. The maximum absolute atomic E-state index is 13.6. The van der Waals surface area contributed by atoms with Gasteiger partial charge < -0.3 is 19.7 Å². The summed E-state index contributed by atoms with van der Waals surface area (Å²) in [6.07, 6.45) is 1.42. The first-order valence-corrected chi connectivity index (χ1v) is 13.0. The second-order valence-electron chi connectivity index (χ2n) is 8.07. The van der Waals surface area contributed by atoms with E-state index in [4.69, 9.17) is 9.47 Å². The van der Waals surface area contributed by atoms with Crippen molar-refractivity contribution in [3.63, 3.8) is 0 Å². The van der Waals surface area contributed by atoms with E-state index < -0.39 is 28.5 Å². The number of rotatable bonds is 10. The fourth-order valence-electron chi connectivity index (χ4n) is 3.84. The Morgan fingerprint density at radius 3 is 2.44 bits per heavy atom. The van der Waals surface area contributed by atoms with Gasteiger partial charge in [-0.25, -0.2) is 8.42 Å². The molecular weight excluding hydrogens is 458 g/mol. The van der Waals surface area contributed by atoms with E-state index in [-0.39, 0.29) is 24.9 Å². The topological polar surface area (TPSA) is 105 Å². The van der Waals surface area contributed by atoms with Crippen molar-refractivity contribution in [3.8, 4) is 11.5 Å². The molecule has 2 aromatic carbocycles. The summed E-state index contributed by atoms with van der Waals surface area (Å²) in [5.41, 5.74) is 2.14. The summed E-state index contributed by atoms with van der Waals surface area (Å²) < 4.78 is 37.1. The number of benzene rings is 2. The molecule has 0 fully saturated rings. The molecule has 2 amide bonds. The van der Waals surface area contributed by atoms with E-state index >= 15 is 0 Å². The zero-order valence-corrected chi connectivity index (χ0v) is 20.7. The van der Waals surface area contributed by atoms with Gasteiger partial charge in [0.25, 0.3) is 0 Å². The van der Waals surface area contributed by atoms with E-state index in [9.17, 15) is 18.0 Å². The van der Waals surface area contributed by atoms with Crippen molar-refractivity contribution >= 4 is 27.5 Å². The quantitative estimate of drug-likeness (QED) is 0.550. The van der Waals surface area contributed by atoms with Crippen LogP contribution in [0.15, 0.2) is 42.5 Å². The Kier molecular flexibility index (Phi) is 8.03. The molecule has 34 heavy (non-hydrogen) atoms. The number of aryl methyl sites for hydroxylation is 1. The lowest BCUT2D eigenvalue weighted by atomic mass is 10.1. The van der Waals surface area contributed by atoms with E-state index in [0.29, 0.717) is 24.5 Å². The molecule has 9 nitrogen and oxygen atoms in total. The van der Waals surface area contributed by atoms with Gasteiger partial charge in [-0.3, -0.25) is 13.9 Å². The molecule has 1 N–H and O–H groups in total. The van der Waals surface area contributed by atoms with Gasteiger partial charge in [0.2, 0.25) is 28.6 Å². The van der Waals surface area contributed by atoms with E-state index in [1.807, 2.05) is 45.0 Å². The molecule has 0 aromatic heterocycles. The number of carbonyl (C=O) groups excluding carboxylic acids is 2. The lowest BCUT2D eigenvalue weighted by molar-refractivity contribution is -0.140. The average molecular weight is 490 g/mol. The zero-order chi connectivity index (χ0) is 24.9. The molecule has 0 saturated heterocycles. The number of likely N-dealkylation sites (N-methyl/N-ethyl adjacent to an activating group) is 1. The highest BCUT2D eigenvalue weighted by Gasteiger charge is 2.32. The van der Waals surface area contributed by atoms with Crippen LogP contribution in [0.2, 0.25) is 0 Å². The third-order valence-electron chi connectivity index (χ3n) is 5.66. The molecule has 0 radical (unpaired) electrons. The van der Waals surface area contributed by atoms with Crippen LogP contribution >= 0.6 is 0 Å². The number of hydrogen-bond acceptors (Lipinski definition) is 6. The summed E-state index contributed by atoms with van der Waals surface area (Å²) in [6, 6.07) is 11.6. The number of anilines is 1. The number of hydrogen-bond donors (Lipinski definition) is 1. The molecule has 0 aliphatic carbocycles. The lowest BCUT2D eigenvalue weighted by Gasteiger charge is -2.33. The molecule has 3 rings (SSSR count). The fourth-order valence-corrected chi connectivity index (χ4v) is 4.68. The monoisotopic (exact) mass is 489 g/mol. The minimum absolute atomic E-state index is 0.0471. The fraction of sp³-hybridized carbons (Fsp3) is 0.417. The molecule has 1 atom stereocenters. The van der Waals surface area contributed by atoms with Gasteiger partial charge in [0.05, 0.1) is 11.9 Å². The average Bonchev–Trinajstić information content (AvgIpc) is 3.25. The number of sulfonamides is 1. The number of carbonyl (C=O) groups is 2. The minimum atomic E-state index is -3.82. The van der Waals surface area contributed by atoms with Crippen molar-refractivity contribution < 1.29 is 27.5 Å². The highest BCUT2D eigenvalue weighted by atomic mass is 32.2. The van der Waals surface area contributed by atoms with Gasteiger partial charge in [-0.15, -0.1) is 0 Å². The second-order valence-corrected chi connectivity index (χ2v) is 9.98. The summed E-state index contributed by atoms with van der Waals surface area (Å²) in [4.78, 5) is 27.9. The van der Waals surface area contributed by atoms with Crippen LogP contribution in [-0.2, 0) is 26.2 Å². The number of amides is 2. The molecule has 10 heteroatoms. The van der Waals surface area contributed by atoms with Crippen molar-refractivity contribution in [3.05, 3.63) is 53.6 Å². The Balaban J connectivity index is 1.95. The zero-order valence-electron chi connectivity index (χ0n) is 19.9. The first-order valence-electron chi connectivity index (χ1n) is 11.1. The standard InChI is InChI=1S/C24H31N3O6S/c1-5-20(24(29)25-6-2)26(14-18-10-8-7-9-17(18)3)23(28)15-27(34(4,30)31)19-11-12-21-22(13-19)33-16-32-21/h7-13,20H,5-6,14-16H2,1-4H3,(H,25,29). The van der Waals surface area contributed by atoms with Gasteiger partial charge in [0.1, 0.15) is 12.6 Å². The Labute approximate surface area is 200 Å². The molecule has 1 unspecified atom stereocenters. The normalized spacial score (nSPS) is 13.3. The highest BCUT2D eigenvalue weighted by Crippen LogP contribution is 2.36. The third kappa shape index (κ3) is 5.80. The van der Waals surface area contributed by atoms with E-state index in [0.717, 1.165) is 21.7 Å². The number of ether oxygens (including phenoxy) is 2. The van der Waals surface area contributed by atoms with E-state index in [1.54, 1.807) is 12.1 Å². The number of nitrogens with zero attached hydrogens (tertiary/aromatic N) is 2. The second kappa shape index (κ2) is 10.8. The van der Waals surface area contributed by atoms with Gasteiger partial charge in [-0.05, 0) is 43.5 Å². The van der Waals surface area contributed by atoms with Crippen molar-refractivity contribution in [2.75, 3.05) is 30.4 Å². The van der Waals surface area contributed by atoms with Crippen LogP contribution < -0.4 is 19.1 Å². The SMILES string of the molecule is CCNC(=O)C(CC)N(Cc1ccccc1C)C(=O)CN(c1ccc2c(c1)OCO2)S(C)(=O)=O. The van der Waals surface area contributed by atoms with Gasteiger partial charge in [-0.2, -0.15) is 0 Å². The van der Waals surface area contributed by atoms with Crippen molar-refractivity contribution in [1.82, 2.24) is 10.2 Å². The summed E-state index contributed by atoms with van der Waals surface area (Å²) in [6.45, 7) is 5.76. The predicted molar refractivity (Wildman–Crippen MR) is 129 cm³/mol. The van der Waals surface area contributed by atoms with Crippen LogP contribution in [0.4, 0.5) is 5.69 Å². The smallest absolute Gasteiger partial charge is 0.244 e. The van der Waals surface area contributed by atoms with Crippen LogP contribution in [0.3, 0.4) is 0 Å². The first kappa shape index (κ1) is 25.4. The summed E-state index contributed by atoms with van der Waals surface area (Å²) in [5, 5.41) is 2.78. The molecule has 0 saturated carbocycles. The number of nitrogens with one attached hydrogen (secondary N) is 1. The van der Waals surface area contributed by atoms with Gasteiger partial charge in [-0.1, -0.05) is 31.2 Å². The van der Waals surface area contributed by atoms with Gasteiger partial charge in [0, 0.05) is 19.2 Å². The molecule has 1 heterocycles. The largest absolute Gasteiger partial charge is 0.454 e. The van der Waals surface area contributed by atoms with E-state index in [2.05, 4.69) is 5.32 Å². The van der Waals surface area contributed by atoms with Gasteiger partial charge in [0.15, 0.2) is 11.5 Å². The Bertz CT molecular complexity index is 1150. The Hall–Kier alpha value is -3.27. The molecule has 0 spiro atoms. The maximum atomic E-state index is 13.6. The van der Waals surface area contributed by atoms with Crippen LogP contribution in [0.1, 0.15) is 31.4 Å². The van der Waals surface area contributed by atoms with Crippen LogP contribution in [0.5, 0.6) is 11.5 Å². The van der Waals surface area contributed by atoms with Crippen molar-refractivity contribution in [2.45, 2.75) is 39.8 Å². The van der Waals surface area contributed by atoms with Crippen molar-refractivity contribution in [1.29, 1.82) is 0 Å². The Morgan fingerprint density at radius 1 is 1.09 bits per heavy atom. The molecule has 0 bridgehead atoms. The van der Waals surface area contributed by atoms with Crippen LogP contribution in [-0.4, -0.2) is 57.3 Å². The molecule has 1 aliphatic rings. The van der Waals surface area contributed by atoms with E-state index in [1.165, 1.54) is 11.0 Å². The summed E-state index contributed by atoms with van der Waals surface area (Å²) in [5.74, 6) is 0.154. The summed E-state index contributed by atoms with van der Waals surface area (Å²) in [7, 11) is -3.82.